The van der Waals surface area contributed by atoms with Crippen molar-refractivity contribution in [3.8, 4) is 11.5 Å². The van der Waals surface area contributed by atoms with Gasteiger partial charge in [0.15, 0.2) is 16.6 Å². The minimum absolute atomic E-state index is 0.0493. The van der Waals surface area contributed by atoms with E-state index in [1.165, 1.54) is 25.6 Å². The van der Waals surface area contributed by atoms with Crippen molar-refractivity contribution in [2.24, 2.45) is 0 Å². The molecule has 0 fully saturated rings. The van der Waals surface area contributed by atoms with Crippen LogP contribution in [-0.2, 0) is 4.79 Å². The Morgan fingerprint density at radius 3 is 2.62 bits per heavy atom. The Hall–Kier alpha value is -3.92. The van der Waals surface area contributed by atoms with Gasteiger partial charge in [-0.15, -0.1) is 11.3 Å². The number of nitrogens with one attached hydrogen (secondary N) is 1. The highest BCUT2D eigenvalue weighted by atomic mass is 32.1. The molecule has 3 heterocycles. The number of hydrogen-bond acceptors (Lipinski definition) is 7. The van der Waals surface area contributed by atoms with Crippen LogP contribution in [0.5, 0.6) is 11.5 Å². The van der Waals surface area contributed by atoms with E-state index in [0.29, 0.717) is 39.0 Å². The van der Waals surface area contributed by atoms with Gasteiger partial charge in [-0.1, -0.05) is 18.2 Å². The van der Waals surface area contributed by atoms with Gasteiger partial charge < -0.3 is 19.7 Å². The number of amides is 3. The molecule has 174 valence electrons. The highest BCUT2D eigenvalue weighted by Gasteiger charge is 2.49. The number of nitrogens with zero attached hydrogens (tertiary/aromatic N) is 3. The van der Waals surface area contributed by atoms with Crippen molar-refractivity contribution in [1.29, 1.82) is 0 Å². The number of carbonyl (C=O) groups excluding carboxylic acids is 3. The summed E-state index contributed by atoms with van der Waals surface area (Å²) in [7, 11) is 2.98. The molecule has 0 saturated heterocycles. The van der Waals surface area contributed by atoms with E-state index in [1.54, 1.807) is 52.4 Å². The van der Waals surface area contributed by atoms with Crippen molar-refractivity contribution >= 4 is 39.9 Å². The number of methoxy groups -OCH3 is 2. The highest BCUT2D eigenvalue weighted by molar-refractivity contribution is 7.15. The molecule has 0 radical (unpaired) electrons. The van der Waals surface area contributed by atoms with Crippen molar-refractivity contribution in [2.45, 2.75) is 19.5 Å². The SMILES string of the molecule is COc1ccc2c(c1OC)C(=O)N1c3ccccc3C(=O)N(CCC(=O)Nc3ncc(C)s3)[C@@H]21. The van der Waals surface area contributed by atoms with Gasteiger partial charge in [0, 0.05) is 29.6 Å². The molecule has 10 heteroatoms. The molecule has 3 aromatic rings. The molecule has 0 unspecified atom stereocenters. The Morgan fingerprint density at radius 1 is 1.12 bits per heavy atom. The van der Waals surface area contributed by atoms with Crippen molar-refractivity contribution in [1.82, 2.24) is 9.88 Å². The van der Waals surface area contributed by atoms with Crippen LogP contribution in [-0.4, -0.2) is 48.4 Å². The fraction of sp³-hybridized carbons (Fsp3) is 0.250. The molecule has 1 N–H and O–H groups in total. The van der Waals surface area contributed by atoms with E-state index < -0.39 is 6.17 Å². The minimum Gasteiger partial charge on any atom is -0.493 e. The molecule has 0 bridgehead atoms. The molecule has 2 aliphatic rings. The van der Waals surface area contributed by atoms with E-state index in [4.69, 9.17) is 9.47 Å². The van der Waals surface area contributed by atoms with Gasteiger partial charge in [0.25, 0.3) is 11.8 Å². The minimum atomic E-state index is -0.695. The monoisotopic (exact) mass is 478 g/mol. The molecule has 0 spiro atoms. The molecule has 1 aromatic heterocycles. The Labute approximate surface area is 199 Å². The molecule has 0 aliphatic carbocycles. The maximum Gasteiger partial charge on any atom is 0.264 e. The van der Waals surface area contributed by atoms with Crippen molar-refractivity contribution in [3.63, 3.8) is 0 Å². The second kappa shape index (κ2) is 8.45. The summed E-state index contributed by atoms with van der Waals surface area (Å²) in [5.74, 6) is -0.0436. The maximum absolute atomic E-state index is 13.6. The summed E-state index contributed by atoms with van der Waals surface area (Å²) < 4.78 is 10.9. The highest BCUT2D eigenvalue weighted by Crippen LogP contribution is 2.49. The Balaban J connectivity index is 1.52. The average Bonchev–Trinajstić information content (AvgIpc) is 3.38. The van der Waals surface area contributed by atoms with Crippen LogP contribution in [0.15, 0.2) is 42.6 Å². The van der Waals surface area contributed by atoms with E-state index in [1.807, 2.05) is 6.92 Å². The number of thiazole rings is 1. The zero-order chi connectivity index (χ0) is 24.0. The predicted octanol–water partition coefficient (Wildman–Crippen LogP) is 3.61. The Kier molecular flexibility index (Phi) is 5.45. The summed E-state index contributed by atoms with van der Waals surface area (Å²) in [6, 6.07) is 10.5. The molecule has 1 atom stereocenters. The van der Waals surface area contributed by atoms with Gasteiger partial charge >= 0.3 is 0 Å². The third-order valence-corrected chi connectivity index (χ3v) is 6.76. The van der Waals surface area contributed by atoms with Crippen LogP contribution in [0.25, 0.3) is 0 Å². The fourth-order valence-electron chi connectivity index (χ4n) is 4.47. The number of benzene rings is 2. The number of aryl methyl sites for hydroxylation is 1. The van der Waals surface area contributed by atoms with Crippen molar-refractivity contribution < 1.29 is 23.9 Å². The van der Waals surface area contributed by atoms with Crippen molar-refractivity contribution in [2.75, 3.05) is 31.0 Å². The summed E-state index contributed by atoms with van der Waals surface area (Å²) in [6.45, 7) is 2.02. The van der Waals surface area contributed by atoms with Crippen LogP contribution in [0.1, 0.15) is 43.7 Å². The van der Waals surface area contributed by atoms with Gasteiger partial charge in [-0.25, -0.2) is 4.98 Å². The lowest BCUT2D eigenvalue weighted by Crippen LogP contribution is -2.49. The van der Waals surface area contributed by atoms with Crippen LogP contribution in [0.4, 0.5) is 10.8 Å². The lowest BCUT2D eigenvalue weighted by atomic mass is 10.0. The standard InChI is InChI=1S/C24H22N4O5S/c1-13-12-25-24(34-13)26-18(29)10-11-27-21-15-8-9-17(32-2)20(33-3)19(15)23(31)28(21)16-7-5-4-6-14(16)22(27)30/h4-9,12,21H,10-11H2,1-3H3,(H,25,26,29)/t21-/m1/s1. The van der Waals surface area contributed by atoms with Gasteiger partial charge in [0.2, 0.25) is 5.91 Å². The fourth-order valence-corrected chi connectivity index (χ4v) is 5.15. The maximum atomic E-state index is 13.6. The van der Waals surface area contributed by atoms with Gasteiger partial charge in [0.05, 0.1) is 31.0 Å². The number of hydrogen-bond donors (Lipinski definition) is 1. The number of aromatic nitrogens is 1. The van der Waals surface area contributed by atoms with E-state index in [0.717, 1.165) is 4.88 Å². The molecule has 2 aliphatic heterocycles. The van der Waals surface area contributed by atoms with Crippen LogP contribution in [0.2, 0.25) is 0 Å². The molecular weight excluding hydrogens is 456 g/mol. The van der Waals surface area contributed by atoms with Crippen LogP contribution >= 0.6 is 11.3 Å². The first-order chi connectivity index (χ1) is 16.4. The number of rotatable bonds is 6. The molecule has 34 heavy (non-hydrogen) atoms. The first kappa shape index (κ1) is 21.9. The number of anilines is 2. The molecule has 9 nitrogen and oxygen atoms in total. The van der Waals surface area contributed by atoms with Crippen LogP contribution in [0, 0.1) is 6.92 Å². The van der Waals surface area contributed by atoms with E-state index in [2.05, 4.69) is 10.3 Å². The predicted molar refractivity (Wildman–Crippen MR) is 127 cm³/mol. The third-order valence-electron chi connectivity index (χ3n) is 5.93. The molecule has 5 rings (SSSR count). The molecule has 3 amide bonds. The van der Waals surface area contributed by atoms with Crippen LogP contribution < -0.4 is 19.7 Å². The van der Waals surface area contributed by atoms with Gasteiger partial charge in [-0.05, 0) is 25.1 Å². The molecule has 0 saturated carbocycles. The largest absolute Gasteiger partial charge is 0.493 e. The number of ether oxygens (including phenoxy) is 2. The summed E-state index contributed by atoms with van der Waals surface area (Å²) in [5, 5.41) is 3.28. The van der Waals surface area contributed by atoms with Gasteiger partial charge in [0.1, 0.15) is 6.17 Å². The summed E-state index contributed by atoms with van der Waals surface area (Å²) in [4.78, 5) is 48.0. The number of carbonyl (C=O) groups is 3. The molecule has 2 aromatic carbocycles. The van der Waals surface area contributed by atoms with E-state index in [-0.39, 0.29) is 30.7 Å². The third kappa shape index (κ3) is 3.38. The topological polar surface area (TPSA) is 101 Å². The summed E-state index contributed by atoms with van der Waals surface area (Å²) in [6.07, 6.45) is 1.04. The molecular formula is C24H22N4O5S. The first-order valence-electron chi connectivity index (χ1n) is 10.6. The Morgan fingerprint density at radius 2 is 1.91 bits per heavy atom. The van der Waals surface area contributed by atoms with E-state index >= 15 is 0 Å². The quantitative estimate of drug-likeness (QED) is 0.581. The zero-order valence-electron chi connectivity index (χ0n) is 18.8. The summed E-state index contributed by atoms with van der Waals surface area (Å²) >= 11 is 1.38. The Bertz CT molecular complexity index is 1320. The second-order valence-electron chi connectivity index (χ2n) is 7.90. The second-order valence-corrected chi connectivity index (χ2v) is 9.14. The number of para-hydroxylation sites is 1. The first-order valence-corrected chi connectivity index (χ1v) is 11.5. The zero-order valence-corrected chi connectivity index (χ0v) is 19.6. The summed E-state index contributed by atoms with van der Waals surface area (Å²) in [5.41, 5.74) is 1.91. The number of fused-ring (bicyclic) bond motifs is 5. The van der Waals surface area contributed by atoms with Crippen molar-refractivity contribution in [3.05, 3.63) is 64.2 Å². The normalized spacial score (nSPS) is 16.1. The van der Waals surface area contributed by atoms with Gasteiger partial charge in [-0.2, -0.15) is 0 Å². The average molecular weight is 479 g/mol. The van der Waals surface area contributed by atoms with E-state index in [9.17, 15) is 14.4 Å². The smallest absolute Gasteiger partial charge is 0.264 e. The van der Waals surface area contributed by atoms with Crippen LogP contribution in [0.3, 0.4) is 0 Å². The van der Waals surface area contributed by atoms with Gasteiger partial charge in [-0.3, -0.25) is 19.3 Å². The lowest BCUT2D eigenvalue weighted by Gasteiger charge is -2.40. The lowest BCUT2D eigenvalue weighted by molar-refractivity contribution is -0.116.